The zero-order valence-corrected chi connectivity index (χ0v) is 19.3. The molecule has 2 aromatic carbocycles. The molecule has 3 rings (SSSR count). The minimum Gasteiger partial charge on any atom is -0.454 e. The van der Waals surface area contributed by atoms with Crippen LogP contribution in [0, 0.1) is 11.6 Å². The standard InChI is InChI=1S/C21H23F2N3O8S/c1-32-10-11-33-21(28)25-8-9-26(18(13-25)20(27)24-29)35(30,31)16-6-7-19(17(23)12-16)34-15-4-2-14(22)3-5-15/h2-7,12,18,29H,8-11,13H2,1H3,(H,24,27)/t18-/m1/s1. The van der Waals surface area contributed by atoms with Gasteiger partial charge >= 0.3 is 6.09 Å². The van der Waals surface area contributed by atoms with E-state index in [1.54, 1.807) is 0 Å². The molecule has 1 aliphatic rings. The van der Waals surface area contributed by atoms with Crippen LogP contribution in [0.2, 0.25) is 0 Å². The van der Waals surface area contributed by atoms with E-state index in [0.717, 1.165) is 33.5 Å². The summed E-state index contributed by atoms with van der Waals surface area (Å²) in [4.78, 5) is 25.1. The van der Waals surface area contributed by atoms with Crippen LogP contribution in [0.1, 0.15) is 0 Å². The number of ether oxygens (including phenoxy) is 3. The molecule has 2 amide bonds. The first-order valence-electron chi connectivity index (χ1n) is 10.3. The molecule has 0 spiro atoms. The number of rotatable bonds is 8. The number of hydroxylamine groups is 1. The number of halogens is 2. The number of hydrogen-bond acceptors (Lipinski definition) is 8. The van der Waals surface area contributed by atoms with Crippen molar-refractivity contribution in [1.82, 2.24) is 14.7 Å². The average molecular weight is 515 g/mol. The van der Waals surface area contributed by atoms with E-state index in [4.69, 9.17) is 19.4 Å². The summed E-state index contributed by atoms with van der Waals surface area (Å²) < 4.78 is 70.0. The monoisotopic (exact) mass is 515 g/mol. The molecule has 0 aliphatic carbocycles. The predicted molar refractivity (Wildman–Crippen MR) is 115 cm³/mol. The van der Waals surface area contributed by atoms with Gasteiger partial charge in [-0.2, -0.15) is 4.31 Å². The van der Waals surface area contributed by atoms with Crippen molar-refractivity contribution in [1.29, 1.82) is 0 Å². The van der Waals surface area contributed by atoms with Crippen molar-refractivity contribution in [2.75, 3.05) is 40.0 Å². The van der Waals surface area contributed by atoms with E-state index in [1.807, 2.05) is 0 Å². The largest absolute Gasteiger partial charge is 0.454 e. The van der Waals surface area contributed by atoms with Crippen molar-refractivity contribution < 1.29 is 46.2 Å². The lowest BCUT2D eigenvalue weighted by atomic mass is 10.2. The van der Waals surface area contributed by atoms with E-state index in [1.165, 1.54) is 24.7 Å². The molecule has 11 nitrogen and oxygen atoms in total. The van der Waals surface area contributed by atoms with Gasteiger partial charge in [-0.3, -0.25) is 10.0 Å². The number of sulfonamides is 1. The molecule has 1 atom stereocenters. The lowest BCUT2D eigenvalue weighted by molar-refractivity contribution is -0.134. The highest BCUT2D eigenvalue weighted by Gasteiger charge is 2.42. The Kier molecular flexibility index (Phi) is 8.56. The fourth-order valence-corrected chi connectivity index (χ4v) is 4.88. The van der Waals surface area contributed by atoms with Crippen LogP contribution >= 0.6 is 0 Å². The number of piperazine rings is 1. The fourth-order valence-electron chi connectivity index (χ4n) is 3.30. The Bertz CT molecular complexity index is 1160. The zero-order chi connectivity index (χ0) is 25.6. The normalized spacial score (nSPS) is 16.6. The number of methoxy groups -OCH3 is 1. The zero-order valence-electron chi connectivity index (χ0n) is 18.5. The molecular formula is C21H23F2N3O8S. The molecule has 1 saturated heterocycles. The van der Waals surface area contributed by atoms with Crippen molar-refractivity contribution in [2.24, 2.45) is 0 Å². The molecular weight excluding hydrogens is 492 g/mol. The summed E-state index contributed by atoms with van der Waals surface area (Å²) in [7, 11) is -3.02. The van der Waals surface area contributed by atoms with Gasteiger partial charge in [-0.15, -0.1) is 0 Å². The summed E-state index contributed by atoms with van der Waals surface area (Å²) >= 11 is 0. The number of hydrogen-bond donors (Lipinski definition) is 2. The summed E-state index contributed by atoms with van der Waals surface area (Å²) in [5.74, 6) is -2.78. The van der Waals surface area contributed by atoms with Crippen LogP contribution in [0.3, 0.4) is 0 Å². The van der Waals surface area contributed by atoms with Crippen LogP contribution in [0.4, 0.5) is 13.6 Å². The number of carbonyl (C=O) groups excluding carboxylic acids is 2. The van der Waals surface area contributed by atoms with Crippen molar-refractivity contribution in [3.63, 3.8) is 0 Å². The second-order valence-electron chi connectivity index (χ2n) is 7.31. The van der Waals surface area contributed by atoms with Gasteiger partial charge in [0, 0.05) is 26.7 Å². The number of amides is 2. The van der Waals surface area contributed by atoms with Crippen LogP contribution in [-0.4, -0.2) is 80.8 Å². The van der Waals surface area contributed by atoms with Crippen molar-refractivity contribution in [2.45, 2.75) is 10.9 Å². The van der Waals surface area contributed by atoms with Crippen LogP contribution in [-0.2, 0) is 24.3 Å². The summed E-state index contributed by atoms with van der Waals surface area (Å²) in [5, 5.41) is 9.10. The highest BCUT2D eigenvalue weighted by atomic mass is 32.2. The average Bonchev–Trinajstić information content (AvgIpc) is 2.85. The Hall–Kier alpha value is -3.33. The predicted octanol–water partition coefficient (Wildman–Crippen LogP) is 1.72. The summed E-state index contributed by atoms with van der Waals surface area (Å²) in [6, 6.07) is 6.15. The summed E-state index contributed by atoms with van der Waals surface area (Å²) in [6.45, 7) is -0.751. The third kappa shape index (κ3) is 6.22. The molecule has 2 aromatic rings. The Morgan fingerprint density at radius 1 is 1.11 bits per heavy atom. The van der Waals surface area contributed by atoms with Gasteiger partial charge in [0.2, 0.25) is 10.0 Å². The maximum absolute atomic E-state index is 14.7. The maximum Gasteiger partial charge on any atom is 0.409 e. The third-order valence-corrected chi connectivity index (χ3v) is 6.97. The lowest BCUT2D eigenvalue weighted by Gasteiger charge is -2.38. The van der Waals surface area contributed by atoms with Crippen molar-refractivity contribution in [3.8, 4) is 11.5 Å². The minimum absolute atomic E-state index is 0.0453. The minimum atomic E-state index is -4.44. The third-order valence-electron chi connectivity index (χ3n) is 5.07. The highest BCUT2D eigenvalue weighted by Crippen LogP contribution is 2.29. The quantitative estimate of drug-likeness (QED) is 0.308. The molecule has 0 unspecified atom stereocenters. The topological polar surface area (TPSA) is 135 Å². The lowest BCUT2D eigenvalue weighted by Crippen LogP contribution is -2.61. The van der Waals surface area contributed by atoms with Crippen molar-refractivity contribution >= 4 is 22.0 Å². The van der Waals surface area contributed by atoms with E-state index in [9.17, 15) is 26.8 Å². The van der Waals surface area contributed by atoms with E-state index in [0.29, 0.717) is 6.07 Å². The molecule has 1 fully saturated rings. The Balaban J connectivity index is 1.80. The summed E-state index contributed by atoms with van der Waals surface area (Å²) in [5.41, 5.74) is 1.39. The van der Waals surface area contributed by atoms with Crippen molar-refractivity contribution in [3.05, 3.63) is 54.1 Å². The van der Waals surface area contributed by atoms with E-state index < -0.39 is 51.1 Å². The molecule has 0 bridgehead atoms. The molecule has 14 heteroatoms. The molecule has 0 aromatic heterocycles. The van der Waals surface area contributed by atoms with Gasteiger partial charge in [-0.25, -0.2) is 27.5 Å². The fraction of sp³-hybridized carbons (Fsp3) is 0.333. The van der Waals surface area contributed by atoms with Crippen LogP contribution in [0.5, 0.6) is 11.5 Å². The summed E-state index contributed by atoms with van der Waals surface area (Å²) in [6.07, 6.45) is -0.789. The second kappa shape index (κ2) is 11.4. The van der Waals surface area contributed by atoms with E-state index >= 15 is 0 Å². The van der Waals surface area contributed by atoms with E-state index in [-0.39, 0.29) is 37.8 Å². The Morgan fingerprint density at radius 3 is 2.46 bits per heavy atom. The van der Waals surface area contributed by atoms with Gasteiger partial charge in [0.25, 0.3) is 5.91 Å². The molecule has 1 heterocycles. The maximum atomic E-state index is 14.7. The first kappa shape index (κ1) is 26.3. The SMILES string of the molecule is COCCOC(=O)N1CCN(S(=O)(=O)c2ccc(Oc3ccc(F)cc3)c(F)c2)[C@@H](C(=O)NO)C1. The van der Waals surface area contributed by atoms with Crippen LogP contribution < -0.4 is 10.2 Å². The molecule has 2 N–H and O–H groups in total. The Labute approximate surface area is 199 Å². The van der Waals surface area contributed by atoms with Gasteiger partial charge in [-0.1, -0.05) is 0 Å². The molecule has 1 aliphatic heterocycles. The second-order valence-corrected chi connectivity index (χ2v) is 9.20. The number of carbonyl (C=O) groups is 2. The first-order valence-corrected chi connectivity index (χ1v) is 11.7. The number of nitrogens with zero attached hydrogens (tertiary/aromatic N) is 2. The van der Waals surface area contributed by atoms with Gasteiger partial charge in [0.1, 0.15) is 24.2 Å². The molecule has 0 radical (unpaired) electrons. The smallest absolute Gasteiger partial charge is 0.409 e. The van der Waals surface area contributed by atoms with E-state index in [2.05, 4.69) is 0 Å². The number of nitrogens with one attached hydrogen (secondary N) is 1. The van der Waals surface area contributed by atoms with Gasteiger partial charge in [-0.05, 0) is 42.5 Å². The first-order chi connectivity index (χ1) is 16.7. The molecule has 0 saturated carbocycles. The van der Waals surface area contributed by atoms with Gasteiger partial charge in [0.15, 0.2) is 11.6 Å². The van der Waals surface area contributed by atoms with Gasteiger partial charge < -0.3 is 19.1 Å². The van der Waals surface area contributed by atoms with Crippen LogP contribution in [0.15, 0.2) is 47.4 Å². The van der Waals surface area contributed by atoms with Gasteiger partial charge in [0.05, 0.1) is 11.5 Å². The highest BCUT2D eigenvalue weighted by molar-refractivity contribution is 7.89. The Morgan fingerprint density at radius 2 is 1.83 bits per heavy atom. The van der Waals surface area contributed by atoms with Crippen LogP contribution in [0.25, 0.3) is 0 Å². The molecule has 35 heavy (non-hydrogen) atoms. The molecule has 190 valence electrons. The number of benzene rings is 2.